The third-order valence-electron chi connectivity index (χ3n) is 4.22. The fourth-order valence-electron chi connectivity index (χ4n) is 2.49. The first kappa shape index (κ1) is 19.3. The Hall–Kier alpha value is -2.06. The van der Waals surface area contributed by atoms with Crippen molar-refractivity contribution in [3.63, 3.8) is 0 Å². The summed E-state index contributed by atoms with van der Waals surface area (Å²) >= 11 is 0. The van der Waals surface area contributed by atoms with E-state index < -0.39 is 11.7 Å². The normalized spacial score (nSPS) is 15.8. The average Bonchev–Trinajstić information content (AvgIpc) is 2.93. The lowest BCUT2D eigenvalue weighted by Crippen LogP contribution is -2.48. The summed E-state index contributed by atoms with van der Waals surface area (Å²) in [6, 6.07) is 4.87. The lowest BCUT2D eigenvalue weighted by molar-refractivity contribution is -0.137. The summed E-state index contributed by atoms with van der Waals surface area (Å²) in [5.41, 5.74) is -0.00898. The maximum Gasteiger partial charge on any atom is 0.416 e. The first-order valence-electron chi connectivity index (χ1n) is 7.58. The van der Waals surface area contributed by atoms with Gasteiger partial charge in [-0.1, -0.05) is 13.0 Å². The quantitative estimate of drug-likeness (QED) is 0.864. The summed E-state index contributed by atoms with van der Waals surface area (Å²) in [6.07, 6.45) is -1.49. The number of hydrogen-bond acceptors (Lipinski definition) is 3. The van der Waals surface area contributed by atoms with Gasteiger partial charge in [-0.2, -0.15) is 18.3 Å². The first-order valence-corrected chi connectivity index (χ1v) is 7.58. The van der Waals surface area contributed by atoms with Crippen molar-refractivity contribution in [3.8, 4) is 5.69 Å². The summed E-state index contributed by atoms with van der Waals surface area (Å²) in [7, 11) is 0. The summed E-state index contributed by atoms with van der Waals surface area (Å²) in [4.78, 5) is 12.2. The van der Waals surface area contributed by atoms with E-state index in [1.54, 1.807) is 0 Å². The molecule has 1 atom stereocenters. The van der Waals surface area contributed by atoms with Gasteiger partial charge in [0.15, 0.2) is 0 Å². The molecule has 0 aliphatic carbocycles. The molecule has 25 heavy (non-hydrogen) atoms. The number of benzene rings is 1. The van der Waals surface area contributed by atoms with E-state index in [1.807, 2.05) is 6.92 Å². The molecule has 1 aliphatic rings. The van der Waals surface area contributed by atoms with Crippen LogP contribution in [0.1, 0.15) is 12.5 Å². The Kier molecular flexibility index (Phi) is 5.74. The highest BCUT2D eigenvalue weighted by atomic mass is 35.5. The van der Waals surface area contributed by atoms with Crippen LogP contribution in [0.2, 0.25) is 0 Å². The molecule has 1 aromatic carbocycles. The zero-order chi connectivity index (χ0) is 17.3. The van der Waals surface area contributed by atoms with Crippen LogP contribution in [-0.4, -0.2) is 28.8 Å². The van der Waals surface area contributed by atoms with Gasteiger partial charge in [0.1, 0.15) is 0 Å². The number of amides is 1. The predicted octanol–water partition coefficient (Wildman–Crippen LogP) is 3.11. The van der Waals surface area contributed by atoms with E-state index in [9.17, 15) is 18.0 Å². The van der Waals surface area contributed by atoms with Crippen LogP contribution in [0.3, 0.4) is 0 Å². The van der Waals surface area contributed by atoms with Crippen LogP contribution in [0.15, 0.2) is 36.7 Å². The van der Waals surface area contributed by atoms with Crippen molar-refractivity contribution < 1.29 is 18.0 Å². The zero-order valence-electron chi connectivity index (χ0n) is 13.4. The second kappa shape index (κ2) is 7.45. The molecule has 5 nitrogen and oxygen atoms in total. The van der Waals surface area contributed by atoms with E-state index in [0.717, 1.165) is 25.2 Å². The van der Waals surface area contributed by atoms with E-state index in [1.165, 1.54) is 29.2 Å². The molecule has 1 aliphatic heterocycles. The van der Waals surface area contributed by atoms with Gasteiger partial charge in [0.2, 0.25) is 5.91 Å². The van der Waals surface area contributed by atoms with Gasteiger partial charge in [-0.15, -0.1) is 12.4 Å². The van der Waals surface area contributed by atoms with Crippen LogP contribution in [0.5, 0.6) is 0 Å². The molecule has 9 heteroatoms. The molecule has 0 saturated carbocycles. The van der Waals surface area contributed by atoms with Crippen LogP contribution >= 0.6 is 12.4 Å². The van der Waals surface area contributed by atoms with Crippen LogP contribution in [0.4, 0.5) is 18.9 Å². The van der Waals surface area contributed by atoms with E-state index in [-0.39, 0.29) is 29.9 Å². The van der Waals surface area contributed by atoms with Gasteiger partial charge in [0, 0.05) is 5.92 Å². The molecule has 1 saturated heterocycles. The highest BCUT2D eigenvalue weighted by Gasteiger charge is 2.31. The second-order valence-corrected chi connectivity index (χ2v) is 5.92. The monoisotopic (exact) mass is 374 g/mol. The highest BCUT2D eigenvalue weighted by molar-refractivity contribution is 5.92. The summed E-state index contributed by atoms with van der Waals surface area (Å²) in [6.45, 7) is 3.49. The summed E-state index contributed by atoms with van der Waals surface area (Å²) in [5, 5.41) is 9.89. The van der Waals surface area contributed by atoms with E-state index in [0.29, 0.717) is 11.6 Å². The number of halogens is 4. The number of nitrogens with zero attached hydrogens (tertiary/aromatic N) is 2. The Morgan fingerprint density at radius 3 is 2.72 bits per heavy atom. The number of alkyl halides is 3. The van der Waals surface area contributed by atoms with Crippen LogP contribution in [-0.2, 0) is 11.0 Å². The molecule has 2 N–H and O–H groups in total. The SMILES string of the molecule is CC(C(=O)Nc1cnn(-c2cccc(C(F)(F)F)c2)c1)C1CNC1.Cl. The smallest absolute Gasteiger partial charge is 0.323 e. The van der Waals surface area contributed by atoms with Crippen molar-refractivity contribution in [3.05, 3.63) is 42.2 Å². The van der Waals surface area contributed by atoms with Crippen LogP contribution in [0, 0.1) is 11.8 Å². The van der Waals surface area contributed by atoms with E-state index >= 15 is 0 Å². The van der Waals surface area contributed by atoms with Gasteiger partial charge in [0.05, 0.1) is 29.3 Å². The molecule has 0 bridgehead atoms. The number of carbonyl (C=O) groups excluding carboxylic acids is 1. The molecule has 2 aromatic rings. The number of anilines is 1. The Labute approximate surface area is 149 Å². The van der Waals surface area contributed by atoms with Crippen molar-refractivity contribution in [2.24, 2.45) is 11.8 Å². The van der Waals surface area contributed by atoms with Gasteiger partial charge in [-0.25, -0.2) is 4.68 Å². The van der Waals surface area contributed by atoms with E-state index in [2.05, 4.69) is 15.7 Å². The maximum absolute atomic E-state index is 12.8. The topological polar surface area (TPSA) is 59.0 Å². The van der Waals surface area contributed by atoms with Gasteiger partial charge in [-0.05, 0) is 37.2 Å². The molecule has 0 radical (unpaired) electrons. The zero-order valence-corrected chi connectivity index (χ0v) is 14.2. The average molecular weight is 375 g/mol. The number of carbonyl (C=O) groups is 1. The first-order chi connectivity index (χ1) is 11.3. The standard InChI is InChI=1S/C16H17F3N4O.ClH/c1-10(11-6-20-7-11)15(24)22-13-8-21-23(9-13)14-4-2-3-12(5-14)16(17,18)19;/h2-5,8-11,20H,6-7H2,1H3,(H,22,24);1H. The fourth-order valence-corrected chi connectivity index (χ4v) is 2.49. The Bertz CT molecular complexity index is 743. The molecular weight excluding hydrogens is 357 g/mol. The van der Waals surface area contributed by atoms with Crippen molar-refractivity contribution in [1.29, 1.82) is 0 Å². The van der Waals surface area contributed by atoms with Gasteiger partial charge >= 0.3 is 6.18 Å². The third-order valence-corrected chi connectivity index (χ3v) is 4.22. The molecule has 1 aromatic heterocycles. The molecular formula is C16H18ClF3N4O. The third kappa shape index (κ3) is 4.32. The molecule has 1 fully saturated rings. The predicted molar refractivity (Wildman–Crippen MR) is 90.0 cm³/mol. The number of aromatic nitrogens is 2. The number of hydrogen-bond donors (Lipinski definition) is 2. The molecule has 136 valence electrons. The minimum atomic E-state index is -4.41. The molecule has 2 heterocycles. The van der Waals surface area contributed by atoms with Gasteiger partial charge < -0.3 is 10.6 Å². The minimum absolute atomic E-state index is 0. The maximum atomic E-state index is 12.8. The van der Waals surface area contributed by atoms with Crippen LogP contribution < -0.4 is 10.6 Å². The fraction of sp³-hybridized carbons (Fsp3) is 0.375. The number of nitrogens with one attached hydrogen (secondary N) is 2. The van der Waals surface area contributed by atoms with Crippen molar-refractivity contribution in [2.75, 3.05) is 18.4 Å². The lowest BCUT2D eigenvalue weighted by atomic mass is 9.88. The van der Waals surface area contributed by atoms with Gasteiger partial charge in [-0.3, -0.25) is 4.79 Å². The molecule has 1 amide bonds. The number of rotatable bonds is 4. The Balaban J connectivity index is 0.00000225. The van der Waals surface area contributed by atoms with E-state index in [4.69, 9.17) is 0 Å². The Morgan fingerprint density at radius 2 is 2.12 bits per heavy atom. The molecule has 1 unspecified atom stereocenters. The largest absolute Gasteiger partial charge is 0.416 e. The van der Waals surface area contributed by atoms with Crippen molar-refractivity contribution in [1.82, 2.24) is 15.1 Å². The Morgan fingerprint density at radius 1 is 1.40 bits per heavy atom. The van der Waals surface area contributed by atoms with Crippen LogP contribution in [0.25, 0.3) is 5.69 Å². The molecule has 0 spiro atoms. The lowest BCUT2D eigenvalue weighted by Gasteiger charge is -2.31. The van der Waals surface area contributed by atoms with Crippen molar-refractivity contribution in [2.45, 2.75) is 13.1 Å². The molecule has 3 rings (SSSR count). The second-order valence-electron chi connectivity index (χ2n) is 5.92. The van der Waals surface area contributed by atoms with Gasteiger partial charge in [0.25, 0.3) is 0 Å². The summed E-state index contributed by atoms with van der Waals surface area (Å²) in [5.74, 6) is 0.0526. The minimum Gasteiger partial charge on any atom is -0.323 e. The highest BCUT2D eigenvalue weighted by Crippen LogP contribution is 2.30. The van der Waals surface area contributed by atoms with Crippen molar-refractivity contribution >= 4 is 24.0 Å². The summed E-state index contributed by atoms with van der Waals surface area (Å²) < 4.78 is 39.6.